The Labute approximate surface area is 101 Å². The summed E-state index contributed by atoms with van der Waals surface area (Å²) in [5.41, 5.74) is 0. The summed E-state index contributed by atoms with van der Waals surface area (Å²) in [4.78, 5) is -0.0683. The van der Waals surface area contributed by atoms with Gasteiger partial charge in [0.1, 0.15) is 16.4 Å². The van der Waals surface area contributed by atoms with E-state index < -0.39 is 10.1 Å². The fourth-order valence-corrected chi connectivity index (χ4v) is 2.03. The Balaban J connectivity index is 3.29. The summed E-state index contributed by atoms with van der Waals surface area (Å²) in [6, 6.07) is 4.42. The van der Waals surface area contributed by atoms with E-state index >= 15 is 0 Å². The van der Waals surface area contributed by atoms with E-state index in [0.717, 1.165) is 7.11 Å². The molecule has 0 spiro atoms. The molecule has 1 aromatic rings. The predicted molar refractivity (Wildman–Crippen MR) is 62.6 cm³/mol. The van der Waals surface area contributed by atoms with E-state index in [0.29, 0.717) is 12.4 Å². The van der Waals surface area contributed by atoms with Crippen molar-refractivity contribution in [2.75, 3.05) is 13.7 Å². The van der Waals surface area contributed by atoms with E-state index in [-0.39, 0.29) is 10.6 Å². The highest BCUT2D eigenvalue weighted by Gasteiger charge is 2.20. The molecule has 1 aromatic carbocycles. The maximum absolute atomic E-state index is 11.7. The molecule has 0 atom stereocenters. The normalized spacial score (nSPS) is 10.9. The lowest BCUT2D eigenvalue weighted by Crippen LogP contribution is -2.06. The van der Waals surface area contributed by atoms with Crippen LogP contribution in [0.5, 0.6) is 11.5 Å². The van der Waals surface area contributed by atoms with E-state index in [2.05, 4.69) is 10.8 Å². The second-order valence-corrected chi connectivity index (χ2v) is 4.63. The summed E-state index contributed by atoms with van der Waals surface area (Å²) in [5, 5.41) is 0. The Morgan fingerprint density at radius 3 is 2.65 bits per heavy atom. The predicted octanol–water partition coefficient (Wildman–Crippen LogP) is 1.94. The molecule has 0 aliphatic carbocycles. The molecule has 0 aliphatic rings. The van der Waals surface area contributed by atoms with Crippen LogP contribution >= 0.6 is 0 Å². The van der Waals surface area contributed by atoms with Gasteiger partial charge in [0.05, 0.1) is 20.0 Å². The average molecular weight is 258 g/mol. The van der Waals surface area contributed by atoms with Gasteiger partial charge in [-0.3, -0.25) is 4.18 Å². The van der Waals surface area contributed by atoms with Crippen LogP contribution in [-0.4, -0.2) is 22.1 Å². The minimum atomic E-state index is -3.83. The Morgan fingerprint density at radius 2 is 2.12 bits per heavy atom. The Bertz CT molecular complexity index is 493. The Kier molecular flexibility index (Phi) is 4.53. The molecule has 0 radical (unpaired) electrons. The Hall–Kier alpha value is -1.53. The Morgan fingerprint density at radius 1 is 1.41 bits per heavy atom. The van der Waals surface area contributed by atoms with Gasteiger partial charge in [0.25, 0.3) is 0 Å². The fourth-order valence-electron chi connectivity index (χ4n) is 1.22. The van der Waals surface area contributed by atoms with Crippen LogP contribution in [0.4, 0.5) is 0 Å². The first-order valence-electron chi connectivity index (χ1n) is 4.90. The molecule has 5 nitrogen and oxygen atoms in total. The molecule has 0 N–H and O–H groups in total. The lowest BCUT2D eigenvalue weighted by Gasteiger charge is -2.10. The number of ether oxygens (including phenoxy) is 2. The van der Waals surface area contributed by atoms with Crippen molar-refractivity contribution in [1.29, 1.82) is 0 Å². The van der Waals surface area contributed by atoms with Crippen molar-refractivity contribution < 1.29 is 22.1 Å². The molecular weight excluding hydrogens is 244 g/mol. The maximum Gasteiger partial charge on any atom is 0.300 e. The highest BCUT2D eigenvalue weighted by Crippen LogP contribution is 2.29. The molecule has 0 saturated heterocycles. The van der Waals surface area contributed by atoms with Gasteiger partial charge in [-0.25, -0.2) is 0 Å². The molecule has 0 heterocycles. The zero-order valence-electron chi connectivity index (χ0n) is 9.67. The molecule has 0 saturated carbocycles. The third-order valence-corrected chi connectivity index (χ3v) is 3.22. The molecule has 0 bridgehead atoms. The summed E-state index contributed by atoms with van der Waals surface area (Å²) in [7, 11) is -2.74. The summed E-state index contributed by atoms with van der Waals surface area (Å²) in [5.74, 6) is 0.574. The van der Waals surface area contributed by atoms with E-state index in [1.165, 1.54) is 18.4 Å². The molecule has 6 heteroatoms. The fraction of sp³-hybridized carbons (Fsp3) is 0.273. The highest BCUT2D eigenvalue weighted by atomic mass is 32.2. The lowest BCUT2D eigenvalue weighted by molar-refractivity contribution is 0.325. The zero-order chi connectivity index (χ0) is 12.9. The van der Waals surface area contributed by atoms with Crippen LogP contribution in [0.15, 0.2) is 35.9 Å². The SMILES string of the molecule is C=COc1ccc(OCC)c(S(=O)(=O)OC)c1. The van der Waals surface area contributed by atoms with Gasteiger partial charge < -0.3 is 9.47 Å². The van der Waals surface area contributed by atoms with Crippen LogP contribution < -0.4 is 9.47 Å². The van der Waals surface area contributed by atoms with Crippen molar-refractivity contribution in [3.63, 3.8) is 0 Å². The maximum atomic E-state index is 11.7. The van der Waals surface area contributed by atoms with Crippen LogP contribution in [0.25, 0.3) is 0 Å². The van der Waals surface area contributed by atoms with Crippen molar-refractivity contribution in [3.8, 4) is 11.5 Å². The molecule has 1 rings (SSSR count). The van der Waals surface area contributed by atoms with Gasteiger partial charge in [0.2, 0.25) is 0 Å². The molecule has 17 heavy (non-hydrogen) atoms. The van der Waals surface area contributed by atoms with Gasteiger partial charge in [-0.15, -0.1) is 0 Å². The quantitative estimate of drug-likeness (QED) is 0.576. The first-order valence-corrected chi connectivity index (χ1v) is 6.31. The summed E-state index contributed by atoms with van der Waals surface area (Å²) in [6.07, 6.45) is 1.21. The van der Waals surface area contributed by atoms with Gasteiger partial charge in [-0.05, 0) is 19.1 Å². The molecular formula is C11H14O5S. The van der Waals surface area contributed by atoms with Crippen LogP contribution in [0.2, 0.25) is 0 Å². The number of rotatable bonds is 6. The minimum absolute atomic E-state index is 0.0683. The first-order chi connectivity index (χ1) is 8.05. The topological polar surface area (TPSA) is 61.8 Å². The van der Waals surface area contributed by atoms with Gasteiger partial charge in [-0.1, -0.05) is 6.58 Å². The first kappa shape index (κ1) is 13.5. The van der Waals surface area contributed by atoms with Crippen molar-refractivity contribution in [2.24, 2.45) is 0 Å². The third kappa shape index (κ3) is 3.21. The second kappa shape index (κ2) is 5.70. The van der Waals surface area contributed by atoms with E-state index in [4.69, 9.17) is 9.47 Å². The molecule has 0 fully saturated rings. The van der Waals surface area contributed by atoms with Gasteiger partial charge in [0.15, 0.2) is 0 Å². The number of hydrogen-bond donors (Lipinski definition) is 0. The minimum Gasteiger partial charge on any atom is -0.492 e. The van der Waals surface area contributed by atoms with E-state index in [1.807, 2.05) is 0 Å². The third-order valence-electron chi connectivity index (χ3n) is 1.92. The number of benzene rings is 1. The van der Waals surface area contributed by atoms with Crippen LogP contribution in [0.1, 0.15) is 6.92 Å². The molecule has 0 amide bonds. The number of hydrogen-bond acceptors (Lipinski definition) is 5. The van der Waals surface area contributed by atoms with Crippen molar-refractivity contribution in [3.05, 3.63) is 31.0 Å². The van der Waals surface area contributed by atoms with Crippen molar-refractivity contribution in [1.82, 2.24) is 0 Å². The van der Waals surface area contributed by atoms with Crippen LogP contribution in [0, 0.1) is 0 Å². The van der Waals surface area contributed by atoms with Crippen molar-refractivity contribution >= 4 is 10.1 Å². The smallest absolute Gasteiger partial charge is 0.300 e. The van der Waals surface area contributed by atoms with Crippen molar-refractivity contribution in [2.45, 2.75) is 11.8 Å². The van der Waals surface area contributed by atoms with Crippen LogP contribution in [0.3, 0.4) is 0 Å². The standard InChI is InChI=1S/C11H14O5S/c1-4-15-9-6-7-10(16-5-2)11(8-9)17(12,13)14-3/h4,6-8H,1,5H2,2-3H3. The zero-order valence-corrected chi connectivity index (χ0v) is 10.5. The van der Waals surface area contributed by atoms with Gasteiger partial charge in [0, 0.05) is 6.07 Å². The summed E-state index contributed by atoms with van der Waals surface area (Å²) >= 11 is 0. The summed E-state index contributed by atoms with van der Waals surface area (Å²) in [6.45, 7) is 5.51. The van der Waals surface area contributed by atoms with Gasteiger partial charge >= 0.3 is 10.1 Å². The lowest BCUT2D eigenvalue weighted by atomic mass is 10.3. The molecule has 94 valence electrons. The van der Waals surface area contributed by atoms with E-state index in [1.54, 1.807) is 13.0 Å². The highest BCUT2D eigenvalue weighted by molar-refractivity contribution is 7.86. The van der Waals surface area contributed by atoms with E-state index in [9.17, 15) is 8.42 Å². The van der Waals surface area contributed by atoms with Crippen LogP contribution in [-0.2, 0) is 14.3 Å². The average Bonchev–Trinajstić information content (AvgIpc) is 2.31. The molecule has 0 unspecified atom stereocenters. The molecule has 0 aliphatic heterocycles. The van der Waals surface area contributed by atoms with Gasteiger partial charge in [-0.2, -0.15) is 8.42 Å². The molecule has 0 aromatic heterocycles. The second-order valence-electron chi connectivity index (χ2n) is 2.95. The summed E-state index contributed by atoms with van der Waals surface area (Å²) < 4.78 is 38.0. The largest absolute Gasteiger partial charge is 0.492 e. The monoisotopic (exact) mass is 258 g/mol.